The van der Waals surface area contributed by atoms with Crippen LogP contribution in [0.4, 0.5) is 5.69 Å². The van der Waals surface area contributed by atoms with Crippen molar-refractivity contribution in [1.82, 2.24) is 0 Å². The van der Waals surface area contributed by atoms with E-state index in [1.165, 1.54) is 4.90 Å². The Labute approximate surface area is 111 Å². The highest BCUT2D eigenvalue weighted by atomic mass is 35.5. The standard InChI is InChI=1S/C14H14ClNO2/c1-8-4-10(3)12-11(5-8)13(17)14(18)16(12)7-9(2)6-15/h4-5H,2,6-7H2,1,3H3. The monoisotopic (exact) mass is 263 g/mol. The summed E-state index contributed by atoms with van der Waals surface area (Å²) >= 11 is 5.68. The number of alkyl halides is 1. The second-order valence-corrected chi connectivity index (χ2v) is 4.85. The third-order valence-electron chi connectivity index (χ3n) is 2.97. The summed E-state index contributed by atoms with van der Waals surface area (Å²) in [5.41, 5.74) is 3.80. The summed E-state index contributed by atoms with van der Waals surface area (Å²) in [6.07, 6.45) is 0. The molecule has 0 fully saturated rings. The van der Waals surface area contributed by atoms with Gasteiger partial charge in [-0.15, -0.1) is 11.6 Å². The Morgan fingerprint density at radius 3 is 2.61 bits per heavy atom. The van der Waals surface area contributed by atoms with Gasteiger partial charge >= 0.3 is 0 Å². The molecule has 0 saturated carbocycles. The summed E-state index contributed by atoms with van der Waals surface area (Å²) in [7, 11) is 0. The van der Waals surface area contributed by atoms with Gasteiger partial charge in [-0.3, -0.25) is 9.59 Å². The Kier molecular flexibility index (Phi) is 3.26. The second-order valence-electron chi connectivity index (χ2n) is 4.58. The maximum absolute atomic E-state index is 12.0. The fraction of sp³-hybridized carbons (Fsp3) is 0.286. The lowest BCUT2D eigenvalue weighted by Gasteiger charge is -2.19. The molecule has 0 unspecified atom stereocenters. The first-order valence-corrected chi connectivity index (χ1v) is 6.19. The molecule has 3 nitrogen and oxygen atoms in total. The van der Waals surface area contributed by atoms with E-state index in [0.717, 1.165) is 11.1 Å². The molecule has 1 aliphatic heterocycles. The number of aryl methyl sites for hydroxylation is 2. The van der Waals surface area contributed by atoms with E-state index in [4.69, 9.17) is 11.6 Å². The summed E-state index contributed by atoms with van der Waals surface area (Å²) in [5, 5.41) is 0. The number of amides is 1. The van der Waals surface area contributed by atoms with Gasteiger partial charge in [-0.1, -0.05) is 12.6 Å². The third-order valence-corrected chi connectivity index (χ3v) is 3.35. The van der Waals surface area contributed by atoms with Gasteiger partial charge in [0.15, 0.2) is 0 Å². The summed E-state index contributed by atoms with van der Waals surface area (Å²) in [5.74, 6) is -0.665. The van der Waals surface area contributed by atoms with Gasteiger partial charge in [-0.05, 0) is 36.6 Å². The van der Waals surface area contributed by atoms with Crippen LogP contribution in [-0.4, -0.2) is 24.1 Å². The normalized spacial score (nSPS) is 14.1. The minimum Gasteiger partial charge on any atom is -0.300 e. The van der Waals surface area contributed by atoms with Crippen molar-refractivity contribution in [2.45, 2.75) is 13.8 Å². The highest BCUT2D eigenvalue weighted by Gasteiger charge is 2.37. The lowest BCUT2D eigenvalue weighted by molar-refractivity contribution is -0.114. The van der Waals surface area contributed by atoms with Crippen LogP contribution in [0, 0.1) is 13.8 Å². The van der Waals surface area contributed by atoms with Crippen molar-refractivity contribution < 1.29 is 9.59 Å². The molecule has 0 atom stereocenters. The summed E-state index contributed by atoms with van der Waals surface area (Å²) in [4.78, 5) is 25.4. The van der Waals surface area contributed by atoms with Gasteiger partial charge in [-0.2, -0.15) is 0 Å². The highest BCUT2D eigenvalue weighted by Crippen LogP contribution is 2.33. The second kappa shape index (κ2) is 4.58. The van der Waals surface area contributed by atoms with Crippen LogP contribution in [0.25, 0.3) is 0 Å². The minimum absolute atomic E-state index is 0.276. The van der Waals surface area contributed by atoms with Crippen LogP contribution < -0.4 is 4.90 Å². The Hall–Kier alpha value is -1.61. The molecule has 1 aromatic rings. The molecule has 0 radical (unpaired) electrons. The lowest BCUT2D eigenvalue weighted by Crippen LogP contribution is -2.32. The first kappa shape index (κ1) is 12.8. The average molecular weight is 264 g/mol. The molecule has 0 spiro atoms. The molecule has 18 heavy (non-hydrogen) atoms. The van der Waals surface area contributed by atoms with Crippen LogP contribution in [0.15, 0.2) is 24.3 Å². The fourth-order valence-corrected chi connectivity index (χ4v) is 2.33. The predicted octanol–water partition coefficient (Wildman–Crippen LogP) is 2.63. The molecule has 94 valence electrons. The molecule has 0 bridgehead atoms. The van der Waals surface area contributed by atoms with E-state index in [1.807, 2.05) is 19.9 Å². The van der Waals surface area contributed by atoms with Crippen LogP contribution >= 0.6 is 11.6 Å². The summed E-state index contributed by atoms with van der Waals surface area (Å²) < 4.78 is 0. The smallest absolute Gasteiger partial charge is 0.299 e. The van der Waals surface area contributed by atoms with Crippen LogP contribution in [0.1, 0.15) is 21.5 Å². The van der Waals surface area contributed by atoms with E-state index in [9.17, 15) is 9.59 Å². The van der Waals surface area contributed by atoms with Gasteiger partial charge in [0.25, 0.3) is 11.7 Å². The Balaban J connectivity index is 2.51. The predicted molar refractivity (Wildman–Crippen MR) is 72.5 cm³/mol. The van der Waals surface area contributed by atoms with Crippen molar-refractivity contribution in [3.8, 4) is 0 Å². The Bertz CT molecular complexity index is 563. The third kappa shape index (κ3) is 1.95. The molecule has 1 heterocycles. The van der Waals surface area contributed by atoms with Gasteiger partial charge < -0.3 is 4.90 Å². The number of hydrogen-bond acceptors (Lipinski definition) is 2. The number of carbonyl (C=O) groups is 2. The van der Waals surface area contributed by atoms with Crippen LogP contribution in [-0.2, 0) is 4.79 Å². The number of Topliss-reactive ketones (excluding diaryl/α,β-unsaturated/α-hetero) is 1. The molecule has 0 aliphatic carbocycles. The van der Waals surface area contributed by atoms with Gasteiger partial charge in [-0.25, -0.2) is 0 Å². The van der Waals surface area contributed by atoms with Crippen molar-refractivity contribution in [3.63, 3.8) is 0 Å². The number of anilines is 1. The molecule has 0 saturated heterocycles. The van der Waals surface area contributed by atoms with Crippen LogP contribution in [0.5, 0.6) is 0 Å². The van der Waals surface area contributed by atoms with Crippen molar-refractivity contribution in [3.05, 3.63) is 41.0 Å². The minimum atomic E-state index is -0.495. The van der Waals surface area contributed by atoms with E-state index in [2.05, 4.69) is 6.58 Å². The summed E-state index contributed by atoms with van der Waals surface area (Å²) in [6, 6.07) is 3.72. The number of carbonyl (C=O) groups excluding carboxylic acids is 2. The lowest BCUT2D eigenvalue weighted by atomic mass is 10.0. The number of ketones is 1. The SMILES string of the molecule is C=C(CCl)CN1C(=O)C(=O)c2cc(C)cc(C)c21. The molecular formula is C14H14ClNO2. The summed E-state index contributed by atoms with van der Waals surface area (Å²) in [6.45, 7) is 7.88. The van der Waals surface area contributed by atoms with Crippen molar-refractivity contribution in [1.29, 1.82) is 0 Å². The molecular weight excluding hydrogens is 250 g/mol. The molecule has 1 aliphatic rings. The average Bonchev–Trinajstić information content (AvgIpc) is 2.54. The fourth-order valence-electron chi connectivity index (χ4n) is 2.25. The van der Waals surface area contributed by atoms with Crippen molar-refractivity contribution in [2.75, 3.05) is 17.3 Å². The largest absolute Gasteiger partial charge is 0.300 e. The van der Waals surface area contributed by atoms with E-state index in [-0.39, 0.29) is 5.88 Å². The molecule has 0 N–H and O–H groups in total. The highest BCUT2D eigenvalue weighted by molar-refractivity contribution is 6.52. The van der Waals surface area contributed by atoms with Crippen molar-refractivity contribution >= 4 is 29.0 Å². The van der Waals surface area contributed by atoms with E-state index in [0.29, 0.717) is 23.4 Å². The van der Waals surface area contributed by atoms with Gasteiger partial charge in [0.05, 0.1) is 11.3 Å². The zero-order valence-electron chi connectivity index (χ0n) is 10.4. The maximum atomic E-state index is 12.0. The number of fused-ring (bicyclic) bond motifs is 1. The molecule has 0 aromatic heterocycles. The first-order chi connectivity index (χ1) is 8.45. The molecule has 2 rings (SSSR count). The number of halogens is 1. The van der Waals surface area contributed by atoms with E-state index in [1.54, 1.807) is 6.07 Å². The molecule has 1 amide bonds. The van der Waals surface area contributed by atoms with Gasteiger partial charge in [0.2, 0.25) is 0 Å². The number of nitrogens with zero attached hydrogens (tertiary/aromatic N) is 1. The molecule has 1 aromatic carbocycles. The number of benzene rings is 1. The molecule has 4 heteroatoms. The number of hydrogen-bond donors (Lipinski definition) is 0. The van der Waals surface area contributed by atoms with Crippen LogP contribution in [0.3, 0.4) is 0 Å². The van der Waals surface area contributed by atoms with E-state index < -0.39 is 11.7 Å². The van der Waals surface area contributed by atoms with E-state index >= 15 is 0 Å². The van der Waals surface area contributed by atoms with Crippen LogP contribution in [0.2, 0.25) is 0 Å². The van der Waals surface area contributed by atoms with Gasteiger partial charge in [0.1, 0.15) is 0 Å². The zero-order valence-corrected chi connectivity index (χ0v) is 11.2. The van der Waals surface area contributed by atoms with Crippen molar-refractivity contribution in [2.24, 2.45) is 0 Å². The van der Waals surface area contributed by atoms with Gasteiger partial charge in [0, 0.05) is 12.4 Å². The first-order valence-electron chi connectivity index (χ1n) is 5.65. The maximum Gasteiger partial charge on any atom is 0.299 e. The Morgan fingerprint density at radius 2 is 2.00 bits per heavy atom. The Morgan fingerprint density at radius 1 is 1.33 bits per heavy atom. The quantitative estimate of drug-likeness (QED) is 0.478. The topological polar surface area (TPSA) is 37.4 Å². The number of rotatable bonds is 3. The zero-order chi connectivity index (χ0) is 13.4.